The lowest BCUT2D eigenvalue weighted by Gasteiger charge is -2.01. The number of benzene rings is 1. The van der Waals surface area contributed by atoms with Crippen molar-refractivity contribution < 1.29 is 14.1 Å². The summed E-state index contributed by atoms with van der Waals surface area (Å²) in [7, 11) is 0. The van der Waals surface area contributed by atoms with Gasteiger partial charge in [0.1, 0.15) is 6.61 Å². The lowest BCUT2D eigenvalue weighted by atomic mass is 10.2. The molecule has 23 heavy (non-hydrogen) atoms. The molecular weight excluding hydrogens is 294 g/mol. The van der Waals surface area contributed by atoms with E-state index in [1.54, 1.807) is 25.4 Å². The summed E-state index contributed by atoms with van der Waals surface area (Å²) < 4.78 is 10.3. The Kier molecular flexibility index (Phi) is 4.33. The number of aromatic amines is 1. The van der Waals surface area contributed by atoms with E-state index in [-0.39, 0.29) is 6.61 Å². The average molecular weight is 309 g/mol. The zero-order chi connectivity index (χ0) is 16.1. The van der Waals surface area contributed by atoms with Crippen LogP contribution in [0.2, 0.25) is 0 Å². The van der Waals surface area contributed by atoms with Gasteiger partial charge < -0.3 is 14.2 Å². The van der Waals surface area contributed by atoms with Crippen LogP contribution in [0.5, 0.6) is 0 Å². The Hall–Kier alpha value is -3.15. The molecule has 0 atom stereocenters. The number of rotatable bonds is 5. The summed E-state index contributed by atoms with van der Waals surface area (Å²) in [4.78, 5) is 18.9. The van der Waals surface area contributed by atoms with Crippen molar-refractivity contribution in [3.8, 4) is 11.5 Å². The maximum atomic E-state index is 11.8. The van der Waals surface area contributed by atoms with Crippen molar-refractivity contribution in [2.75, 3.05) is 0 Å². The van der Waals surface area contributed by atoms with E-state index in [1.165, 1.54) is 6.08 Å². The van der Waals surface area contributed by atoms with E-state index in [0.29, 0.717) is 11.7 Å². The molecule has 0 aliphatic carbocycles. The highest BCUT2D eigenvalue weighted by atomic mass is 16.5. The summed E-state index contributed by atoms with van der Waals surface area (Å²) in [5.74, 6) is 0.544. The Morgan fingerprint density at radius 3 is 2.87 bits per heavy atom. The third-order valence-corrected chi connectivity index (χ3v) is 3.16. The van der Waals surface area contributed by atoms with Gasteiger partial charge in [0.15, 0.2) is 5.82 Å². The van der Waals surface area contributed by atoms with Crippen LogP contribution in [0, 0.1) is 6.92 Å². The van der Waals surface area contributed by atoms with Gasteiger partial charge >= 0.3 is 5.97 Å². The molecule has 0 bridgehead atoms. The summed E-state index contributed by atoms with van der Waals surface area (Å²) >= 11 is 0. The van der Waals surface area contributed by atoms with Gasteiger partial charge in [0.05, 0.1) is 5.56 Å². The number of nitrogens with one attached hydrogen (secondary N) is 1. The maximum Gasteiger partial charge on any atom is 0.331 e. The Morgan fingerprint density at radius 1 is 1.30 bits per heavy atom. The number of ether oxygens (including phenoxy) is 1. The van der Waals surface area contributed by atoms with Gasteiger partial charge in [0.25, 0.3) is 5.89 Å². The van der Waals surface area contributed by atoms with Crippen molar-refractivity contribution >= 4 is 12.0 Å². The number of carbonyl (C=O) groups excluding carboxylic acids is 1. The molecule has 0 fully saturated rings. The van der Waals surface area contributed by atoms with Crippen LogP contribution in [0.4, 0.5) is 0 Å². The van der Waals surface area contributed by atoms with Crippen LogP contribution < -0.4 is 0 Å². The van der Waals surface area contributed by atoms with Crippen LogP contribution in [0.15, 0.2) is 53.3 Å². The van der Waals surface area contributed by atoms with E-state index >= 15 is 0 Å². The van der Waals surface area contributed by atoms with E-state index < -0.39 is 5.97 Å². The number of aromatic nitrogens is 3. The van der Waals surface area contributed by atoms with E-state index in [9.17, 15) is 4.79 Å². The predicted octanol–water partition coefficient (Wildman–Crippen LogP) is 3.13. The summed E-state index contributed by atoms with van der Waals surface area (Å²) in [6.07, 6.45) is 6.51. The number of carbonyl (C=O) groups is 1. The smallest absolute Gasteiger partial charge is 0.331 e. The first-order chi connectivity index (χ1) is 11.2. The van der Waals surface area contributed by atoms with Crippen molar-refractivity contribution in [3.05, 3.63) is 65.8 Å². The third kappa shape index (κ3) is 3.74. The number of H-pyrrole nitrogens is 1. The van der Waals surface area contributed by atoms with Crippen LogP contribution in [-0.2, 0) is 16.1 Å². The second kappa shape index (κ2) is 6.74. The lowest BCUT2D eigenvalue weighted by molar-refractivity contribution is -0.138. The van der Waals surface area contributed by atoms with Gasteiger partial charge in [-0.1, -0.05) is 35.5 Å². The summed E-state index contributed by atoms with van der Waals surface area (Å²) in [6, 6.07) is 9.52. The maximum absolute atomic E-state index is 11.8. The highest BCUT2D eigenvalue weighted by Gasteiger charge is 2.11. The van der Waals surface area contributed by atoms with Crippen molar-refractivity contribution in [3.63, 3.8) is 0 Å². The zero-order valence-electron chi connectivity index (χ0n) is 12.5. The molecule has 116 valence electrons. The third-order valence-electron chi connectivity index (χ3n) is 3.16. The minimum absolute atomic E-state index is 0.243. The van der Waals surface area contributed by atoms with Gasteiger partial charge in [-0.2, -0.15) is 4.98 Å². The van der Waals surface area contributed by atoms with Crippen molar-refractivity contribution in [2.24, 2.45) is 0 Å². The van der Waals surface area contributed by atoms with E-state index in [1.807, 2.05) is 30.3 Å². The normalized spacial score (nSPS) is 11.0. The largest absolute Gasteiger partial charge is 0.458 e. The van der Waals surface area contributed by atoms with Crippen molar-refractivity contribution in [1.82, 2.24) is 15.1 Å². The molecule has 1 N–H and O–H groups in total. The molecule has 6 nitrogen and oxygen atoms in total. The van der Waals surface area contributed by atoms with E-state index in [4.69, 9.17) is 9.26 Å². The molecule has 0 aliphatic heterocycles. The van der Waals surface area contributed by atoms with Gasteiger partial charge in [-0.05, 0) is 18.6 Å². The molecule has 3 aromatic rings. The molecule has 0 saturated carbocycles. The Morgan fingerprint density at radius 2 is 2.13 bits per heavy atom. The van der Waals surface area contributed by atoms with Gasteiger partial charge in [-0.25, -0.2) is 4.79 Å². The topological polar surface area (TPSA) is 81.0 Å². The number of aryl methyl sites for hydroxylation is 1. The number of hydrogen-bond donors (Lipinski definition) is 1. The first-order valence-corrected chi connectivity index (χ1v) is 7.08. The molecule has 1 aromatic carbocycles. The molecule has 2 aromatic heterocycles. The summed E-state index contributed by atoms with van der Waals surface area (Å²) in [5.41, 5.74) is 2.45. The fraction of sp³-hybridized carbons (Fsp3) is 0.118. The standard InChI is InChI=1S/C17H15N3O3/c1-12-19-17(23-20-12)15-10-18-9-14(15)7-8-16(21)22-11-13-5-3-2-4-6-13/h2-10,18H,11H2,1H3. The minimum atomic E-state index is -0.414. The SMILES string of the molecule is Cc1noc(-c2c[nH]cc2C=CC(=O)OCc2ccccc2)n1. The molecule has 3 rings (SSSR count). The monoisotopic (exact) mass is 309 g/mol. The predicted molar refractivity (Wildman–Crippen MR) is 84.1 cm³/mol. The average Bonchev–Trinajstić information content (AvgIpc) is 3.20. The van der Waals surface area contributed by atoms with Crippen LogP contribution >= 0.6 is 0 Å². The second-order valence-corrected chi connectivity index (χ2v) is 4.90. The van der Waals surface area contributed by atoms with E-state index in [2.05, 4.69) is 15.1 Å². The van der Waals surface area contributed by atoms with Gasteiger partial charge in [-0.3, -0.25) is 0 Å². The van der Waals surface area contributed by atoms with Crippen molar-refractivity contribution in [2.45, 2.75) is 13.5 Å². The molecular formula is C17H15N3O3. The highest BCUT2D eigenvalue weighted by Crippen LogP contribution is 2.22. The van der Waals surface area contributed by atoms with Gasteiger partial charge in [-0.15, -0.1) is 0 Å². The molecule has 0 spiro atoms. The summed E-state index contributed by atoms with van der Waals surface area (Å²) in [5, 5.41) is 3.76. The molecule has 0 aliphatic rings. The highest BCUT2D eigenvalue weighted by molar-refractivity contribution is 5.88. The van der Waals surface area contributed by atoms with Gasteiger partial charge in [0, 0.05) is 24.0 Å². The van der Waals surface area contributed by atoms with Gasteiger partial charge in [0.2, 0.25) is 0 Å². The fourth-order valence-corrected chi connectivity index (χ4v) is 2.04. The zero-order valence-corrected chi connectivity index (χ0v) is 12.5. The summed E-state index contributed by atoms with van der Waals surface area (Å²) in [6.45, 7) is 1.99. The molecule has 6 heteroatoms. The van der Waals surface area contributed by atoms with Crippen LogP contribution in [0.1, 0.15) is 17.0 Å². The Bertz CT molecular complexity index is 818. The molecule has 0 saturated heterocycles. The van der Waals surface area contributed by atoms with E-state index in [0.717, 1.165) is 16.7 Å². The minimum Gasteiger partial charge on any atom is -0.458 e. The quantitative estimate of drug-likeness (QED) is 0.578. The van der Waals surface area contributed by atoms with Crippen LogP contribution in [0.3, 0.4) is 0 Å². The Labute approximate surface area is 132 Å². The van der Waals surface area contributed by atoms with Crippen LogP contribution in [-0.4, -0.2) is 21.1 Å². The number of nitrogens with zero attached hydrogens (tertiary/aromatic N) is 2. The molecule has 0 amide bonds. The molecule has 2 heterocycles. The molecule has 0 unspecified atom stereocenters. The first-order valence-electron chi connectivity index (χ1n) is 7.08. The van der Waals surface area contributed by atoms with Crippen LogP contribution in [0.25, 0.3) is 17.5 Å². The Balaban J connectivity index is 1.64. The van der Waals surface area contributed by atoms with Crippen molar-refractivity contribution in [1.29, 1.82) is 0 Å². The first kappa shape index (κ1) is 14.8. The number of esters is 1. The lowest BCUT2D eigenvalue weighted by Crippen LogP contribution is -2.00. The fourth-order valence-electron chi connectivity index (χ4n) is 2.04. The second-order valence-electron chi connectivity index (χ2n) is 4.90. The number of hydrogen-bond acceptors (Lipinski definition) is 5. The molecule has 0 radical (unpaired) electrons.